The average molecular weight is 415 g/mol. The summed E-state index contributed by atoms with van der Waals surface area (Å²) in [6.07, 6.45) is 8.96. The van der Waals surface area contributed by atoms with Crippen molar-refractivity contribution >= 4 is 0 Å². The van der Waals surface area contributed by atoms with E-state index in [0.717, 1.165) is 45.0 Å². The number of rotatable bonds is 4. The van der Waals surface area contributed by atoms with Gasteiger partial charge in [0.25, 0.3) is 0 Å². The van der Waals surface area contributed by atoms with Crippen molar-refractivity contribution in [2.45, 2.75) is 26.5 Å². The predicted molar refractivity (Wildman–Crippen MR) is 124 cm³/mol. The van der Waals surface area contributed by atoms with E-state index in [4.69, 9.17) is 4.74 Å². The standard InChI is InChI=1S/C26H30N4O/c1-19-13-23(7-9-27-19)22-5-3-21(4-6-22)17-29-10-8-24-14-26(28-15-25(24)18-29)30-11-12-31-20(2)16-30/h3-10,13-14,20,28H,11-12,15-18H2,1-2H3. The van der Waals surface area contributed by atoms with Crippen molar-refractivity contribution in [2.24, 2.45) is 0 Å². The first kappa shape index (κ1) is 19.9. The third-order valence-electron chi connectivity index (χ3n) is 6.19. The number of ether oxygens (including phenoxy) is 1. The van der Waals surface area contributed by atoms with Crippen molar-refractivity contribution < 1.29 is 4.74 Å². The van der Waals surface area contributed by atoms with Gasteiger partial charge < -0.3 is 19.9 Å². The maximum absolute atomic E-state index is 5.68. The smallest absolute Gasteiger partial charge is 0.102 e. The van der Waals surface area contributed by atoms with Gasteiger partial charge in [-0.25, -0.2) is 0 Å². The molecule has 0 amide bonds. The Labute approximate surface area is 184 Å². The molecular formula is C26H30N4O. The Morgan fingerprint density at radius 3 is 2.84 bits per heavy atom. The Kier molecular flexibility index (Phi) is 5.51. The molecule has 3 aliphatic heterocycles. The van der Waals surface area contributed by atoms with Crippen molar-refractivity contribution in [3.63, 3.8) is 0 Å². The van der Waals surface area contributed by atoms with Gasteiger partial charge in [-0.2, -0.15) is 0 Å². The molecule has 5 heteroatoms. The quantitative estimate of drug-likeness (QED) is 0.823. The largest absolute Gasteiger partial charge is 0.375 e. The molecule has 31 heavy (non-hydrogen) atoms. The van der Waals surface area contributed by atoms with E-state index in [0.29, 0.717) is 0 Å². The van der Waals surface area contributed by atoms with Gasteiger partial charge in [-0.3, -0.25) is 4.98 Å². The average Bonchev–Trinajstić information content (AvgIpc) is 2.79. The second-order valence-corrected chi connectivity index (χ2v) is 8.67. The van der Waals surface area contributed by atoms with Crippen LogP contribution in [0.3, 0.4) is 0 Å². The number of dihydropyridines is 1. The lowest BCUT2D eigenvalue weighted by atomic mass is 10.00. The van der Waals surface area contributed by atoms with Crippen LogP contribution in [-0.2, 0) is 11.3 Å². The minimum atomic E-state index is 0.290. The van der Waals surface area contributed by atoms with E-state index < -0.39 is 0 Å². The number of hydrogen-bond donors (Lipinski definition) is 1. The van der Waals surface area contributed by atoms with Gasteiger partial charge in [0, 0.05) is 50.8 Å². The second kappa shape index (κ2) is 8.60. The summed E-state index contributed by atoms with van der Waals surface area (Å²) in [7, 11) is 0. The molecule has 0 bridgehead atoms. The maximum Gasteiger partial charge on any atom is 0.102 e. The predicted octanol–water partition coefficient (Wildman–Crippen LogP) is 3.85. The number of aromatic nitrogens is 1. The number of nitrogens with one attached hydrogen (secondary N) is 1. The van der Waals surface area contributed by atoms with Crippen molar-refractivity contribution in [3.05, 3.63) is 89.2 Å². The SMILES string of the molecule is Cc1cc(-c2ccc(CN3C=CC4=C(CNC(N5CCOC(C)C5)=C4)C3)cc2)ccn1. The zero-order valence-corrected chi connectivity index (χ0v) is 18.3. The number of allylic oxidation sites excluding steroid dienone is 3. The molecule has 1 aromatic heterocycles. The molecule has 0 radical (unpaired) electrons. The Hall–Kier alpha value is -3.05. The zero-order chi connectivity index (χ0) is 21.2. The molecule has 5 nitrogen and oxygen atoms in total. The van der Waals surface area contributed by atoms with Gasteiger partial charge >= 0.3 is 0 Å². The fraction of sp³-hybridized carbons (Fsp3) is 0.346. The minimum absolute atomic E-state index is 0.290. The Morgan fingerprint density at radius 2 is 2.03 bits per heavy atom. The third-order valence-corrected chi connectivity index (χ3v) is 6.19. The molecule has 1 N–H and O–H groups in total. The van der Waals surface area contributed by atoms with Crippen molar-refractivity contribution in [2.75, 3.05) is 32.8 Å². The van der Waals surface area contributed by atoms with E-state index >= 15 is 0 Å². The summed E-state index contributed by atoms with van der Waals surface area (Å²) >= 11 is 0. The Balaban J connectivity index is 1.23. The number of hydrogen-bond acceptors (Lipinski definition) is 5. The molecule has 1 atom stereocenters. The molecule has 1 aromatic carbocycles. The first-order valence-corrected chi connectivity index (χ1v) is 11.1. The maximum atomic E-state index is 5.68. The summed E-state index contributed by atoms with van der Waals surface area (Å²) in [4.78, 5) is 9.09. The normalized spacial score (nSPS) is 21.0. The highest BCUT2D eigenvalue weighted by Gasteiger charge is 2.23. The summed E-state index contributed by atoms with van der Waals surface area (Å²) in [6, 6.07) is 13.1. The summed E-state index contributed by atoms with van der Waals surface area (Å²) in [6.45, 7) is 9.67. The van der Waals surface area contributed by atoms with Crippen molar-refractivity contribution in [3.8, 4) is 11.1 Å². The van der Waals surface area contributed by atoms with E-state index in [1.54, 1.807) is 0 Å². The Morgan fingerprint density at radius 1 is 1.16 bits per heavy atom. The van der Waals surface area contributed by atoms with Gasteiger partial charge in [0.1, 0.15) is 5.82 Å². The summed E-state index contributed by atoms with van der Waals surface area (Å²) in [5, 5.41) is 3.63. The number of benzene rings is 1. The lowest BCUT2D eigenvalue weighted by Crippen LogP contribution is -2.45. The van der Waals surface area contributed by atoms with Gasteiger partial charge in [-0.15, -0.1) is 0 Å². The molecule has 160 valence electrons. The van der Waals surface area contributed by atoms with Crippen LogP contribution in [-0.4, -0.2) is 53.7 Å². The van der Waals surface area contributed by atoms with Crippen molar-refractivity contribution in [1.29, 1.82) is 0 Å². The van der Waals surface area contributed by atoms with Crippen LogP contribution in [0, 0.1) is 6.92 Å². The molecule has 1 fully saturated rings. The van der Waals surface area contributed by atoms with Crippen LogP contribution in [0.2, 0.25) is 0 Å². The van der Waals surface area contributed by atoms with E-state index in [9.17, 15) is 0 Å². The lowest BCUT2D eigenvalue weighted by Gasteiger charge is -2.38. The highest BCUT2D eigenvalue weighted by molar-refractivity contribution is 5.63. The number of morpholine rings is 1. The number of pyridine rings is 1. The van der Waals surface area contributed by atoms with Crippen LogP contribution in [0.4, 0.5) is 0 Å². The van der Waals surface area contributed by atoms with Gasteiger partial charge in [0.15, 0.2) is 0 Å². The molecule has 1 saturated heterocycles. The number of aryl methyl sites for hydroxylation is 1. The lowest BCUT2D eigenvalue weighted by molar-refractivity contribution is -0.00820. The summed E-state index contributed by atoms with van der Waals surface area (Å²) in [5.41, 5.74) is 7.64. The topological polar surface area (TPSA) is 40.6 Å². The highest BCUT2D eigenvalue weighted by atomic mass is 16.5. The fourth-order valence-electron chi connectivity index (χ4n) is 4.51. The van der Waals surface area contributed by atoms with Gasteiger partial charge in [-0.05, 0) is 66.0 Å². The monoisotopic (exact) mass is 414 g/mol. The van der Waals surface area contributed by atoms with E-state index in [2.05, 4.69) is 81.8 Å². The second-order valence-electron chi connectivity index (χ2n) is 8.67. The van der Waals surface area contributed by atoms with E-state index in [-0.39, 0.29) is 6.10 Å². The zero-order valence-electron chi connectivity index (χ0n) is 18.3. The van der Waals surface area contributed by atoms with Gasteiger partial charge in [0.05, 0.1) is 12.7 Å². The van der Waals surface area contributed by atoms with Crippen LogP contribution in [0.25, 0.3) is 11.1 Å². The molecule has 0 saturated carbocycles. The van der Waals surface area contributed by atoms with Crippen LogP contribution in [0.5, 0.6) is 0 Å². The molecule has 5 rings (SSSR count). The van der Waals surface area contributed by atoms with Gasteiger partial charge in [0.2, 0.25) is 0 Å². The van der Waals surface area contributed by atoms with E-state index in [1.807, 2.05) is 13.1 Å². The molecule has 2 aromatic rings. The molecule has 1 unspecified atom stereocenters. The summed E-state index contributed by atoms with van der Waals surface area (Å²) < 4.78 is 5.68. The minimum Gasteiger partial charge on any atom is -0.375 e. The third kappa shape index (κ3) is 4.52. The van der Waals surface area contributed by atoms with Gasteiger partial charge in [-0.1, -0.05) is 24.3 Å². The molecule has 0 spiro atoms. The van der Waals surface area contributed by atoms with E-state index in [1.165, 1.54) is 33.7 Å². The first-order chi connectivity index (χ1) is 15.1. The van der Waals surface area contributed by atoms with Crippen LogP contribution < -0.4 is 5.32 Å². The molecule has 4 heterocycles. The molecule has 0 aliphatic carbocycles. The summed E-state index contributed by atoms with van der Waals surface area (Å²) in [5.74, 6) is 1.23. The highest BCUT2D eigenvalue weighted by Crippen LogP contribution is 2.25. The van der Waals surface area contributed by atoms with Crippen molar-refractivity contribution in [1.82, 2.24) is 20.1 Å². The molecule has 3 aliphatic rings. The van der Waals surface area contributed by atoms with Crippen LogP contribution in [0.15, 0.2) is 77.9 Å². The fourth-order valence-corrected chi connectivity index (χ4v) is 4.51. The van der Waals surface area contributed by atoms with Crippen LogP contribution in [0.1, 0.15) is 18.2 Å². The molecular weight excluding hydrogens is 384 g/mol. The van der Waals surface area contributed by atoms with Crippen LogP contribution >= 0.6 is 0 Å². The Bertz CT molecular complexity index is 1040. The number of nitrogens with zero attached hydrogens (tertiary/aromatic N) is 3. The first-order valence-electron chi connectivity index (χ1n) is 11.1.